The molecule has 0 atom stereocenters. The molecule has 6 heteroatoms. The van der Waals surface area contributed by atoms with Crippen LogP contribution in [0.25, 0.3) is 38.6 Å². The van der Waals surface area contributed by atoms with Gasteiger partial charge >= 0.3 is 0 Å². The maximum Gasteiger partial charge on any atom is 0.248 e. The molecule has 5 rings (SSSR count). The number of fused-ring (bicyclic) bond motifs is 2. The zero-order valence-electron chi connectivity index (χ0n) is 20.6. The van der Waals surface area contributed by atoms with Crippen molar-refractivity contribution in [1.82, 2.24) is 4.98 Å². The lowest BCUT2D eigenvalue weighted by Crippen LogP contribution is -2.09. The van der Waals surface area contributed by atoms with E-state index in [1.165, 1.54) is 0 Å². The van der Waals surface area contributed by atoms with E-state index in [1.807, 2.05) is 80.6 Å². The Morgan fingerprint density at radius 2 is 1.81 bits per heavy atom. The average molecular weight is 479 g/mol. The van der Waals surface area contributed by atoms with Crippen LogP contribution in [-0.2, 0) is 4.79 Å². The minimum Gasteiger partial charge on any atom is -0.497 e. The SMILES string of the molecule is COc1cccc(-c2coc3cc(OC)c(/C(C)=C/C(=O)Nc4cc(C)nc5ccccc45)cc23)c1. The summed E-state index contributed by atoms with van der Waals surface area (Å²) < 4.78 is 16.9. The second kappa shape index (κ2) is 9.58. The zero-order valence-corrected chi connectivity index (χ0v) is 20.6. The number of furan rings is 1. The first-order chi connectivity index (χ1) is 17.5. The first-order valence-electron chi connectivity index (χ1n) is 11.6. The first-order valence-corrected chi connectivity index (χ1v) is 11.6. The second-order valence-electron chi connectivity index (χ2n) is 8.57. The Morgan fingerprint density at radius 3 is 2.61 bits per heavy atom. The number of amides is 1. The number of ether oxygens (including phenoxy) is 2. The molecule has 36 heavy (non-hydrogen) atoms. The number of rotatable bonds is 6. The van der Waals surface area contributed by atoms with Crippen molar-refractivity contribution in [1.29, 1.82) is 0 Å². The van der Waals surface area contributed by atoms with E-state index in [2.05, 4.69) is 10.3 Å². The number of anilines is 1. The molecule has 0 aliphatic rings. The molecule has 2 heterocycles. The van der Waals surface area contributed by atoms with Crippen LogP contribution >= 0.6 is 0 Å². The van der Waals surface area contributed by atoms with Gasteiger partial charge in [-0.3, -0.25) is 9.78 Å². The number of allylic oxidation sites excluding steroid dienone is 1. The summed E-state index contributed by atoms with van der Waals surface area (Å²) in [7, 11) is 3.25. The first kappa shape index (κ1) is 23.2. The van der Waals surface area contributed by atoms with Crippen LogP contribution in [0.2, 0.25) is 0 Å². The van der Waals surface area contributed by atoms with Gasteiger partial charge in [0, 0.05) is 39.7 Å². The molecule has 1 N–H and O–H groups in total. The topological polar surface area (TPSA) is 73.6 Å². The highest BCUT2D eigenvalue weighted by molar-refractivity contribution is 6.09. The summed E-state index contributed by atoms with van der Waals surface area (Å²) in [6.45, 7) is 3.80. The van der Waals surface area contributed by atoms with Crippen LogP contribution in [0.15, 0.2) is 83.5 Å². The summed E-state index contributed by atoms with van der Waals surface area (Å²) in [5.41, 5.74) is 6.58. The second-order valence-corrected chi connectivity index (χ2v) is 8.57. The van der Waals surface area contributed by atoms with Gasteiger partial charge in [-0.25, -0.2) is 0 Å². The van der Waals surface area contributed by atoms with E-state index >= 15 is 0 Å². The molecule has 0 spiro atoms. The zero-order chi connectivity index (χ0) is 25.2. The van der Waals surface area contributed by atoms with Crippen molar-refractivity contribution in [3.8, 4) is 22.6 Å². The lowest BCUT2D eigenvalue weighted by molar-refractivity contribution is -0.111. The number of aryl methyl sites for hydroxylation is 1. The van der Waals surface area contributed by atoms with E-state index in [0.717, 1.165) is 55.7 Å². The number of hydrogen-bond acceptors (Lipinski definition) is 5. The van der Waals surface area contributed by atoms with Gasteiger partial charge in [0.1, 0.15) is 17.1 Å². The van der Waals surface area contributed by atoms with Gasteiger partial charge in [-0.05, 0) is 55.3 Å². The Hall–Kier alpha value is -4.58. The standard InChI is InChI=1S/C30H26N2O4/c1-18(12-30(33)32-27-13-19(2)31-26-11-6-5-10-22(26)27)23-15-24-25(17-36-29(24)16-28(23)35-4)20-8-7-9-21(14-20)34-3/h5-17H,1-4H3,(H,31,32,33)/b18-12+. The van der Waals surface area contributed by atoms with Crippen molar-refractivity contribution < 1.29 is 18.7 Å². The minimum absolute atomic E-state index is 0.231. The molecule has 1 amide bonds. The number of carbonyl (C=O) groups is 1. The fraction of sp³-hybridized carbons (Fsp3) is 0.133. The van der Waals surface area contributed by atoms with E-state index in [9.17, 15) is 4.79 Å². The Kier molecular flexibility index (Phi) is 6.17. The molecule has 3 aromatic carbocycles. The predicted octanol–water partition coefficient (Wildman–Crippen LogP) is 7.02. The van der Waals surface area contributed by atoms with E-state index < -0.39 is 0 Å². The Balaban J connectivity index is 1.52. The predicted molar refractivity (Wildman–Crippen MR) is 144 cm³/mol. The fourth-order valence-electron chi connectivity index (χ4n) is 4.40. The smallest absolute Gasteiger partial charge is 0.248 e. The summed E-state index contributed by atoms with van der Waals surface area (Å²) in [4.78, 5) is 17.6. The van der Waals surface area contributed by atoms with Crippen LogP contribution in [-0.4, -0.2) is 25.1 Å². The summed E-state index contributed by atoms with van der Waals surface area (Å²) >= 11 is 0. The highest BCUT2D eigenvalue weighted by Crippen LogP contribution is 2.38. The normalized spacial score (nSPS) is 11.6. The molecule has 0 aliphatic heterocycles. The molecule has 0 saturated heterocycles. The molecule has 0 aliphatic carbocycles. The number of aromatic nitrogens is 1. The third-order valence-corrected chi connectivity index (χ3v) is 6.15. The van der Waals surface area contributed by atoms with Gasteiger partial charge in [0.05, 0.1) is 31.7 Å². The number of benzene rings is 3. The van der Waals surface area contributed by atoms with Crippen LogP contribution in [0.5, 0.6) is 11.5 Å². The molecular formula is C30H26N2O4. The number of para-hydroxylation sites is 1. The quantitative estimate of drug-likeness (QED) is 0.266. The summed E-state index contributed by atoms with van der Waals surface area (Å²) in [6.07, 6.45) is 3.31. The van der Waals surface area contributed by atoms with Crippen LogP contribution < -0.4 is 14.8 Å². The van der Waals surface area contributed by atoms with Crippen LogP contribution in [0.4, 0.5) is 5.69 Å². The number of pyridine rings is 1. The van der Waals surface area contributed by atoms with E-state index in [4.69, 9.17) is 13.9 Å². The minimum atomic E-state index is -0.231. The molecule has 2 aromatic heterocycles. The average Bonchev–Trinajstić information content (AvgIpc) is 3.30. The molecule has 0 radical (unpaired) electrons. The van der Waals surface area contributed by atoms with Crippen molar-refractivity contribution >= 4 is 39.0 Å². The number of carbonyl (C=O) groups excluding carboxylic acids is 1. The fourth-order valence-corrected chi connectivity index (χ4v) is 4.40. The third-order valence-electron chi connectivity index (χ3n) is 6.15. The molecule has 0 saturated carbocycles. The highest BCUT2D eigenvalue weighted by Gasteiger charge is 2.16. The largest absolute Gasteiger partial charge is 0.497 e. The molecule has 0 bridgehead atoms. The van der Waals surface area contributed by atoms with Gasteiger partial charge in [0.25, 0.3) is 0 Å². The molecular weight excluding hydrogens is 452 g/mol. The van der Waals surface area contributed by atoms with Gasteiger partial charge in [-0.2, -0.15) is 0 Å². The number of nitrogens with zero attached hydrogens (tertiary/aromatic N) is 1. The van der Waals surface area contributed by atoms with Gasteiger partial charge < -0.3 is 19.2 Å². The van der Waals surface area contributed by atoms with Crippen molar-refractivity contribution in [3.05, 3.63) is 90.3 Å². The maximum absolute atomic E-state index is 13.0. The lowest BCUT2D eigenvalue weighted by atomic mass is 9.99. The van der Waals surface area contributed by atoms with Gasteiger partial charge in [-0.15, -0.1) is 0 Å². The highest BCUT2D eigenvalue weighted by atomic mass is 16.5. The third kappa shape index (κ3) is 4.41. The number of methoxy groups -OCH3 is 2. The van der Waals surface area contributed by atoms with Gasteiger partial charge in [0.15, 0.2) is 0 Å². The Morgan fingerprint density at radius 1 is 0.972 bits per heavy atom. The van der Waals surface area contributed by atoms with E-state index in [-0.39, 0.29) is 5.91 Å². The summed E-state index contributed by atoms with van der Waals surface area (Å²) in [6, 6.07) is 21.3. The van der Waals surface area contributed by atoms with E-state index in [1.54, 1.807) is 26.6 Å². The number of nitrogens with one attached hydrogen (secondary N) is 1. The monoisotopic (exact) mass is 478 g/mol. The summed E-state index contributed by atoms with van der Waals surface area (Å²) in [5, 5.41) is 4.83. The van der Waals surface area contributed by atoms with Gasteiger partial charge in [-0.1, -0.05) is 30.3 Å². The van der Waals surface area contributed by atoms with Crippen LogP contribution in [0.1, 0.15) is 18.2 Å². The maximum atomic E-state index is 13.0. The van der Waals surface area contributed by atoms with Crippen LogP contribution in [0, 0.1) is 6.92 Å². The lowest BCUT2D eigenvalue weighted by Gasteiger charge is -2.11. The van der Waals surface area contributed by atoms with Crippen LogP contribution in [0.3, 0.4) is 0 Å². The molecule has 5 aromatic rings. The molecule has 0 fully saturated rings. The molecule has 6 nitrogen and oxygen atoms in total. The van der Waals surface area contributed by atoms with Crippen molar-refractivity contribution in [2.75, 3.05) is 19.5 Å². The van der Waals surface area contributed by atoms with Crippen molar-refractivity contribution in [2.24, 2.45) is 0 Å². The summed E-state index contributed by atoms with van der Waals surface area (Å²) in [5.74, 6) is 1.16. The van der Waals surface area contributed by atoms with E-state index in [0.29, 0.717) is 11.3 Å². The van der Waals surface area contributed by atoms with Crippen molar-refractivity contribution in [3.63, 3.8) is 0 Å². The van der Waals surface area contributed by atoms with Crippen molar-refractivity contribution in [2.45, 2.75) is 13.8 Å². The van der Waals surface area contributed by atoms with Gasteiger partial charge in [0.2, 0.25) is 5.91 Å². The molecule has 180 valence electrons. The Labute approximate surface area is 209 Å². The number of hydrogen-bond donors (Lipinski definition) is 1. The molecule has 0 unspecified atom stereocenters. The Bertz CT molecular complexity index is 1630.